The summed E-state index contributed by atoms with van der Waals surface area (Å²) in [6.45, 7) is 13.0. The molecule has 0 saturated heterocycles. The van der Waals surface area contributed by atoms with Crippen LogP contribution in [0.25, 0.3) is 0 Å². The van der Waals surface area contributed by atoms with E-state index in [4.69, 9.17) is 4.74 Å². The van der Waals surface area contributed by atoms with Crippen LogP contribution in [-0.2, 0) is 9.53 Å². The molecular formula is C18H28O2. The van der Waals surface area contributed by atoms with Crippen LogP contribution in [-0.4, -0.2) is 5.97 Å². The van der Waals surface area contributed by atoms with Gasteiger partial charge in [0.25, 0.3) is 0 Å². The Morgan fingerprint density at radius 2 is 1.90 bits per heavy atom. The van der Waals surface area contributed by atoms with Crippen LogP contribution in [0.2, 0.25) is 0 Å². The molecule has 2 saturated carbocycles. The van der Waals surface area contributed by atoms with Gasteiger partial charge in [-0.25, -0.2) is 0 Å². The molecule has 0 unspecified atom stereocenters. The predicted molar refractivity (Wildman–Crippen MR) is 79.9 cm³/mol. The monoisotopic (exact) mass is 276 g/mol. The fourth-order valence-corrected chi connectivity index (χ4v) is 5.23. The van der Waals surface area contributed by atoms with Crippen molar-refractivity contribution in [3.8, 4) is 0 Å². The van der Waals surface area contributed by atoms with E-state index in [1.807, 2.05) is 20.8 Å². The van der Waals surface area contributed by atoms with Crippen LogP contribution in [0.4, 0.5) is 0 Å². The van der Waals surface area contributed by atoms with E-state index in [-0.39, 0.29) is 5.97 Å². The van der Waals surface area contributed by atoms with Gasteiger partial charge in [-0.15, -0.1) is 0 Å². The van der Waals surface area contributed by atoms with Gasteiger partial charge in [0, 0.05) is 6.42 Å². The van der Waals surface area contributed by atoms with Crippen molar-refractivity contribution in [1.82, 2.24) is 0 Å². The maximum Gasteiger partial charge on any atom is 0.316 e. The standard InChI is InChI=1S/C18H28O2/c1-15(2,3)14(19)20-12-10-13-17(6)9-7-8-16(4,5)18(13,17)11-12/h10,13H,7-9,11H2,1-6H3/t13-,17-,18-/m1/s1. The number of rotatable bonds is 1. The van der Waals surface area contributed by atoms with Crippen LogP contribution in [0.15, 0.2) is 11.8 Å². The Balaban J connectivity index is 1.81. The molecule has 2 nitrogen and oxygen atoms in total. The Hall–Kier alpha value is -0.790. The molecule has 2 fully saturated rings. The van der Waals surface area contributed by atoms with Gasteiger partial charge in [0.15, 0.2) is 0 Å². The molecule has 0 aromatic heterocycles. The quantitative estimate of drug-likeness (QED) is 0.649. The van der Waals surface area contributed by atoms with Crippen molar-refractivity contribution in [2.24, 2.45) is 27.6 Å². The summed E-state index contributed by atoms with van der Waals surface area (Å²) in [7, 11) is 0. The minimum atomic E-state index is -0.420. The second-order valence-corrected chi connectivity index (χ2v) is 9.05. The number of esters is 1. The average molecular weight is 276 g/mol. The first-order chi connectivity index (χ1) is 9.05. The number of hydrogen-bond acceptors (Lipinski definition) is 2. The molecule has 3 atom stereocenters. The summed E-state index contributed by atoms with van der Waals surface area (Å²) in [6, 6.07) is 0. The molecule has 0 heterocycles. The normalized spacial score (nSPS) is 41.5. The van der Waals surface area contributed by atoms with E-state index in [0.29, 0.717) is 22.2 Å². The lowest BCUT2D eigenvalue weighted by Gasteiger charge is -2.42. The van der Waals surface area contributed by atoms with E-state index in [1.54, 1.807) is 0 Å². The molecule has 3 aliphatic rings. The fraction of sp³-hybridized carbons (Fsp3) is 0.833. The Labute approximate surface area is 123 Å². The molecule has 112 valence electrons. The number of hydrogen-bond donors (Lipinski definition) is 0. The van der Waals surface area contributed by atoms with E-state index < -0.39 is 5.41 Å². The molecule has 0 amide bonds. The molecule has 3 aliphatic carbocycles. The highest BCUT2D eigenvalue weighted by molar-refractivity contribution is 5.76. The van der Waals surface area contributed by atoms with Crippen molar-refractivity contribution in [2.45, 2.75) is 67.2 Å². The lowest BCUT2D eigenvalue weighted by atomic mass is 9.62. The second-order valence-electron chi connectivity index (χ2n) is 9.05. The predicted octanol–water partition coefficient (Wildman–Crippen LogP) is 4.70. The van der Waals surface area contributed by atoms with Gasteiger partial charge >= 0.3 is 5.97 Å². The highest BCUT2D eigenvalue weighted by atomic mass is 16.5. The number of carbonyl (C=O) groups is 1. The van der Waals surface area contributed by atoms with E-state index in [1.165, 1.54) is 19.3 Å². The third kappa shape index (κ3) is 1.54. The van der Waals surface area contributed by atoms with Crippen molar-refractivity contribution in [1.29, 1.82) is 0 Å². The molecule has 0 N–H and O–H groups in total. The number of ether oxygens (including phenoxy) is 1. The van der Waals surface area contributed by atoms with Crippen molar-refractivity contribution < 1.29 is 9.53 Å². The molecule has 0 bridgehead atoms. The van der Waals surface area contributed by atoms with Crippen LogP contribution in [0, 0.1) is 27.6 Å². The summed E-state index contributed by atoms with van der Waals surface area (Å²) in [6.07, 6.45) is 7.21. The highest BCUT2D eigenvalue weighted by Crippen LogP contribution is 2.85. The Kier molecular flexibility index (Phi) is 2.62. The van der Waals surface area contributed by atoms with Crippen LogP contribution >= 0.6 is 0 Å². The summed E-state index contributed by atoms with van der Waals surface area (Å²) in [5.41, 5.74) is 0.742. The summed E-state index contributed by atoms with van der Waals surface area (Å²) in [5, 5.41) is 0. The molecule has 20 heavy (non-hydrogen) atoms. The van der Waals surface area contributed by atoms with Crippen molar-refractivity contribution >= 4 is 5.97 Å². The minimum Gasteiger partial charge on any atom is -0.431 e. The Morgan fingerprint density at radius 3 is 2.50 bits per heavy atom. The summed E-state index contributed by atoms with van der Waals surface area (Å²) >= 11 is 0. The summed E-state index contributed by atoms with van der Waals surface area (Å²) in [4.78, 5) is 12.1. The Bertz CT molecular complexity index is 494. The molecule has 3 rings (SSSR count). The smallest absolute Gasteiger partial charge is 0.316 e. The van der Waals surface area contributed by atoms with Gasteiger partial charge in [-0.3, -0.25) is 4.79 Å². The molecule has 1 spiro atoms. The molecule has 0 radical (unpaired) electrons. The summed E-state index contributed by atoms with van der Waals surface area (Å²) in [5.74, 6) is 1.45. The van der Waals surface area contributed by atoms with Crippen LogP contribution < -0.4 is 0 Å². The first-order valence-electron chi connectivity index (χ1n) is 7.98. The molecule has 0 aromatic rings. The molecule has 0 aliphatic heterocycles. The lowest BCUT2D eigenvalue weighted by Crippen LogP contribution is -2.35. The topological polar surface area (TPSA) is 26.3 Å². The van der Waals surface area contributed by atoms with E-state index in [2.05, 4.69) is 26.8 Å². The van der Waals surface area contributed by atoms with Gasteiger partial charge in [0.2, 0.25) is 0 Å². The highest BCUT2D eigenvalue weighted by Gasteiger charge is 2.80. The average Bonchev–Trinajstić information content (AvgIpc) is 2.67. The van der Waals surface area contributed by atoms with E-state index in [9.17, 15) is 4.79 Å². The van der Waals surface area contributed by atoms with E-state index in [0.717, 1.165) is 12.2 Å². The van der Waals surface area contributed by atoms with Gasteiger partial charge in [0.05, 0.1) is 5.41 Å². The summed E-state index contributed by atoms with van der Waals surface area (Å²) < 4.78 is 5.68. The number of allylic oxidation sites excluding steroid dienone is 2. The van der Waals surface area contributed by atoms with Gasteiger partial charge in [0.1, 0.15) is 5.76 Å². The zero-order valence-corrected chi connectivity index (χ0v) is 13.8. The van der Waals surface area contributed by atoms with Crippen molar-refractivity contribution in [3.05, 3.63) is 11.8 Å². The molecular weight excluding hydrogens is 248 g/mol. The number of carbonyl (C=O) groups excluding carboxylic acids is 1. The minimum absolute atomic E-state index is 0.100. The second kappa shape index (κ2) is 3.69. The maximum atomic E-state index is 12.1. The van der Waals surface area contributed by atoms with Gasteiger partial charge in [-0.1, -0.05) is 27.2 Å². The first kappa shape index (κ1) is 14.2. The number of fused-ring (bicyclic) bond motifs is 1. The maximum absolute atomic E-state index is 12.1. The van der Waals surface area contributed by atoms with Crippen molar-refractivity contribution in [2.75, 3.05) is 0 Å². The third-order valence-electron chi connectivity index (χ3n) is 6.50. The van der Waals surface area contributed by atoms with Crippen molar-refractivity contribution in [3.63, 3.8) is 0 Å². The van der Waals surface area contributed by atoms with Crippen LogP contribution in [0.1, 0.15) is 67.2 Å². The Morgan fingerprint density at radius 1 is 1.25 bits per heavy atom. The third-order valence-corrected chi connectivity index (χ3v) is 6.50. The van der Waals surface area contributed by atoms with Crippen LogP contribution in [0.5, 0.6) is 0 Å². The lowest BCUT2D eigenvalue weighted by molar-refractivity contribution is -0.149. The van der Waals surface area contributed by atoms with Crippen LogP contribution in [0.3, 0.4) is 0 Å². The van der Waals surface area contributed by atoms with Gasteiger partial charge < -0.3 is 4.74 Å². The van der Waals surface area contributed by atoms with E-state index >= 15 is 0 Å². The SMILES string of the molecule is CC(C)(C)C(=O)OC1=C[C@@H]2[C@@]3(C)CCCC(C)(C)[C@@]23C1. The zero-order chi connectivity index (χ0) is 15.0. The molecule has 0 aromatic carbocycles. The fourth-order valence-electron chi connectivity index (χ4n) is 5.23. The largest absolute Gasteiger partial charge is 0.431 e. The first-order valence-corrected chi connectivity index (χ1v) is 7.98. The molecule has 2 heteroatoms. The van der Waals surface area contributed by atoms with Gasteiger partial charge in [-0.2, -0.15) is 0 Å². The van der Waals surface area contributed by atoms with Gasteiger partial charge in [-0.05, 0) is 61.9 Å². The zero-order valence-electron chi connectivity index (χ0n) is 13.8.